The fourth-order valence-corrected chi connectivity index (χ4v) is 4.11. The van der Waals surface area contributed by atoms with Gasteiger partial charge in [-0.3, -0.25) is 9.00 Å². The van der Waals surface area contributed by atoms with Gasteiger partial charge in [0, 0.05) is 34.4 Å². The van der Waals surface area contributed by atoms with Crippen LogP contribution in [0.1, 0.15) is 22.0 Å². The maximum Gasteiger partial charge on any atom is 0.254 e. The van der Waals surface area contributed by atoms with Crippen LogP contribution >= 0.6 is 0 Å². The minimum absolute atomic E-state index is 0.0468. The maximum atomic E-state index is 12.9. The highest BCUT2D eigenvalue weighted by atomic mass is 32.2. The second kappa shape index (κ2) is 6.96. The minimum Gasteiger partial charge on any atom is -0.497 e. The van der Waals surface area contributed by atoms with Crippen LogP contribution in [0.15, 0.2) is 54.6 Å². The Kier molecular flexibility index (Phi) is 4.76. The molecule has 23 heavy (non-hydrogen) atoms. The highest BCUT2D eigenvalue weighted by Crippen LogP contribution is 2.27. The lowest BCUT2D eigenvalue weighted by Gasteiger charge is -2.35. The Morgan fingerprint density at radius 1 is 1.17 bits per heavy atom. The first kappa shape index (κ1) is 15.7. The summed E-state index contributed by atoms with van der Waals surface area (Å²) in [7, 11) is 0.695. The molecular formula is C18H19NO3S. The van der Waals surface area contributed by atoms with Gasteiger partial charge >= 0.3 is 0 Å². The van der Waals surface area contributed by atoms with Gasteiger partial charge in [-0.15, -0.1) is 0 Å². The van der Waals surface area contributed by atoms with E-state index in [1.165, 1.54) is 0 Å². The van der Waals surface area contributed by atoms with Crippen molar-refractivity contribution >= 4 is 16.7 Å². The second-order valence-corrected chi connectivity index (χ2v) is 7.09. The molecular weight excluding hydrogens is 310 g/mol. The van der Waals surface area contributed by atoms with Crippen LogP contribution in [0.3, 0.4) is 0 Å². The summed E-state index contributed by atoms with van der Waals surface area (Å²) in [4.78, 5) is 14.8. The van der Waals surface area contributed by atoms with E-state index in [2.05, 4.69) is 0 Å². The first-order valence-electron chi connectivity index (χ1n) is 7.54. The van der Waals surface area contributed by atoms with Crippen LogP contribution < -0.4 is 4.74 Å². The summed E-state index contributed by atoms with van der Waals surface area (Å²) in [5, 5.41) is 0. The molecule has 0 aromatic heterocycles. The summed E-state index contributed by atoms with van der Waals surface area (Å²) in [6.45, 7) is 0.502. The Bertz CT molecular complexity index is 717. The van der Waals surface area contributed by atoms with E-state index in [1.54, 1.807) is 19.2 Å². The fourth-order valence-electron chi connectivity index (χ4n) is 2.82. The van der Waals surface area contributed by atoms with Crippen LogP contribution in [-0.4, -0.2) is 40.2 Å². The van der Waals surface area contributed by atoms with E-state index in [-0.39, 0.29) is 11.9 Å². The number of methoxy groups -OCH3 is 1. The molecule has 0 aliphatic carbocycles. The molecule has 0 bridgehead atoms. The number of hydrogen-bond acceptors (Lipinski definition) is 3. The smallest absolute Gasteiger partial charge is 0.254 e. The molecule has 5 heteroatoms. The molecule has 1 aliphatic heterocycles. The zero-order valence-electron chi connectivity index (χ0n) is 13.0. The first-order valence-corrected chi connectivity index (χ1v) is 9.03. The Balaban J connectivity index is 1.91. The molecule has 4 nitrogen and oxygen atoms in total. The quantitative estimate of drug-likeness (QED) is 0.870. The molecule has 1 amide bonds. The molecule has 0 radical (unpaired) electrons. The summed E-state index contributed by atoms with van der Waals surface area (Å²) in [6, 6.07) is 16.8. The topological polar surface area (TPSA) is 46.6 Å². The Morgan fingerprint density at radius 2 is 1.96 bits per heavy atom. The molecule has 3 rings (SSSR count). The SMILES string of the molecule is COc1cccc(C(=O)N2CCS(=O)CC2c2ccccc2)c1. The van der Waals surface area contributed by atoms with Gasteiger partial charge < -0.3 is 9.64 Å². The van der Waals surface area contributed by atoms with Crippen molar-refractivity contribution in [1.29, 1.82) is 0 Å². The van der Waals surface area contributed by atoms with E-state index in [0.29, 0.717) is 29.4 Å². The number of ether oxygens (including phenoxy) is 1. The number of benzene rings is 2. The van der Waals surface area contributed by atoms with Gasteiger partial charge in [-0.2, -0.15) is 0 Å². The lowest BCUT2D eigenvalue weighted by atomic mass is 10.1. The van der Waals surface area contributed by atoms with Gasteiger partial charge in [0.2, 0.25) is 0 Å². The second-order valence-electron chi connectivity index (χ2n) is 5.47. The van der Waals surface area contributed by atoms with Crippen LogP contribution in [0, 0.1) is 0 Å². The van der Waals surface area contributed by atoms with Gasteiger partial charge in [0.25, 0.3) is 5.91 Å². The summed E-state index contributed by atoms with van der Waals surface area (Å²) in [5.74, 6) is 1.63. The van der Waals surface area contributed by atoms with E-state index >= 15 is 0 Å². The number of hydrogen-bond donors (Lipinski definition) is 0. The van der Waals surface area contributed by atoms with Gasteiger partial charge in [-0.25, -0.2) is 0 Å². The lowest BCUT2D eigenvalue weighted by Crippen LogP contribution is -2.44. The third kappa shape index (κ3) is 3.45. The van der Waals surface area contributed by atoms with Crippen molar-refractivity contribution in [3.8, 4) is 5.75 Å². The zero-order valence-corrected chi connectivity index (χ0v) is 13.8. The van der Waals surface area contributed by atoms with Gasteiger partial charge in [0.1, 0.15) is 5.75 Å². The standard InChI is InChI=1S/C18H19NO3S/c1-22-16-9-5-8-15(12-16)18(20)19-10-11-23(21)13-17(19)14-6-3-2-4-7-14/h2-9,12,17H,10-11,13H2,1H3. The number of rotatable bonds is 3. The molecule has 0 spiro atoms. The Hall–Kier alpha value is -2.14. The van der Waals surface area contributed by atoms with Gasteiger partial charge in [0.15, 0.2) is 0 Å². The van der Waals surface area contributed by atoms with E-state index in [9.17, 15) is 9.00 Å². The predicted molar refractivity (Wildman–Crippen MR) is 91.1 cm³/mol. The summed E-state index contributed by atoms with van der Waals surface area (Å²) >= 11 is 0. The maximum absolute atomic E-state index is 12.9. The molecule has 0 saturated carbocycles. The number of amides is 1. The van der Waals surface area contributed by atoms with Crippen molar-refractivity contribution in [2.75, 3.05) is 25.2 Å². The fraction of sp³-hybridized carbons (Fsp3) is 0.278. The first-order chi connectivity index (χ1) is 11.2. The molecule has 2 aromatic carbocycles. The number of carbonyl (C=O) groups excluding carboxylic acids is 1. The Labute approximate surface area is 138 Å². The molecule has 2 atom stereocenters. The summed E-state index contributed by atoms with van der Waals surface area (Å²) in [6.07, 6.45) is 0. The van der Waals surface area contributed by atoms with E-state index in [4.69, 9.17) is 4.74 Å². The van der Waals surface area contributed by atoms with Gasteiger partial charge in [-0.05, 0) is 23.8 Å². The molecule has 1 fully saturated rings. The van der Waals surface area contributed by atoms with Crippen LogP contribution in [0.25, 0.3) is 0 Å². The molecule has 2 aromatic rings. The normalized spacial score (nSPS) is 21.0. The third-order valence-electron chi connectivity index (χ3n) is 4.04. The van der Waals surface area contributed by atoms with Crippen LogP contribution in [0.4, 0.5) is 0 Å². The third-order valence-corrected chi connectivity index (χ3v) is 5.37. The van der Waals surface area contributed by atoms with E-state index in [1.807, 2.05) is 47.4 Å². The molecule has 120 valence electrons. The minimum atomic E-state index is -0.889. The van der Waals surface area contributed by atoms with Crippen molar-refractivity contribution in [2.24, 2.45) is 0 Å². The molecule has 0 N–H and O–H groups in total. The monoisotopic (exact) mass is 329 g/mol. The number of nitrogens with zero attached hydrogens (tertiary/aromatic N) is 1. The van der Waals surface area contributed by atoms with Crippen molar-refractivity contribution < 1.29 is 13.7 Å². The highest BCUT2D eigenvalue weighted by Gasteiger charge is 2.31. The van der Waals surface area contributed by atoms with Crippen LogP contribution in [-0.2, 0) is 10.8 Å². The van der Waals surface area contributed by atoms with E-state index < -0.39 is 10.8 Å². The van der Waals surface area contributed by atoms with Gasteiger partial charge in [-0.1, -0.05) is 36.4 Å². The summed E-state index contributed by atoms with van der Waals surface area (Å²) < 4.78 is 17.2. The molecule has 2 unspecified atom stereocenters. The highest BCUT2D eigenvalue weighted by molar-refractivity contribution is 7.85. The van der Waals surface area contributed by atoms with Crippen molar-refractivity contribution in [1.82, 2.24) is 4.90 Å². The summed E-state index contributed by atoms with van der Waals surface area (Å²) in [5.41, 5.74) is 1.62. The molecule has 1 heterocycles. The predicted octanol–water partition coefficient (Wildman–Crippen LogP) is 2.64. The van der Waals surface area contributed by atoms with Crippen LogP contribution in [0.5, 0.6) is 5.75 Å². The molecule has 1 saturated heterocycles. The van der Waals surface area contributed by atoms with Crippen molar-refractivity contribution in [2.45, 2.75) is 6.04 Å². The average molecular weight is 329 g/mol. The number of carbonyl (C=O) groups is 1. The molecule has 1 aliphatic rings. The van der Waals surface area contributed by atoms with Crippen molar-refractivity contribution in [3.63, 3.8) is 0 Å². The largest absolute Gasteiger partial charge is 0.497 e. The zero-order chi connectivity index (χ0) is 16.2. The van der Waals surface area contributed by atoms with E-state index in [0.717, 1.165) is 5.56 Å². The van der Waals surface area contributed by atoms with Crippen molar-refractivity contribution in [3.05, 3.63) is 65.7 Å². The average Bonchev–Trinajstić information content (AvgIpc) is 2.62. The lowest BCUT2D eigenvalue weighted by molar-refractivity contribution is 0.0699. The van der Waals surface area contributed by atoms with Crippen LogP contribution in [0.2, 0.25) is 0 Å². The Morgan fingerprint density at radius 3 is 2.70 bits per heavy atom. The van der Waals surface area contributed by atoms with Gasteiger partial charge in [0.05, 0.1) is 13.2 Å².